The molecular weight excluding hydrogens is 449 g/mol. The quantitative estimate of drug-likeness (QED) is 0.348. The fourth-order valence-corrected chi connectivity index (χ4v) is 3.74. The van der Waals surface area contributed by atoms with Gasteiger partial charge < -0.3 is 9.47 Å². The predicted molar refractivity (Wildman–Crippen MR) is 126 cm³/mol. The molecule has 1 aliphatic heterocycles. The summed E-state index contributed by atoms with van der Waals surface area (Å²) in [5.41, 5.74) is 3.31. The minimum atomic E-state index is -0.508. The van der Waals surface area contributed by atoms with Gasteiger partial charge in [0.15, 0.2) is 0 Å². The van der Waals surface area contributed by atoms with E-state index in [-0.39, 0.29) is 19.1 Å². The number of rotatable bonds is 6. The van der Waals surface area contributed by atoms with E-state index in [1.165, 1.54) is 4.90 Å². The molecule has 162 valence electrons. The lowest BCUT2D eigenvalue weighted by Crippen LogP contribution is -2.33. The summed E-state index contributed by atoms with van der Waals surface area (Å²) in [5, 5.41) is 0.822. The molecule has 3 aromatic carbocycles. The lowest BCUT2D eigenvalue weighted by molar-refractivity contribution is -0.143. The van der Waals surface area contributed by atoms with Crippen molar-refractivity contribution < 1.29 is 19.1 Å². The maximum absolute atomic E-state index is 13.3. The summed E-state index contributed by atoms with van der Waals surface area (Å²) in [7, 11) is 1.55. The number of hydrogen-bond acceptors (Lipinski definition) is 4. The van der Waals surface area contributed by atoms with E-state index in [0.29, 0.717) is 32.6 Å². The van der Waals surface area contributed by atoms with E-state index in [1.807, 2.05) is 30.3 Å². The third kappa shape index (κ3) is 4.64. The molecule has 0 aliphatic carbocycles. The summed E-state index contributed by atoms with van der Waals surface area (Å²) in [5.74, 6) is -0.238. The Bertz CT molecular complexity index is 1210. The molecule has 1 amide bonds. The maximum Gasteiger partial charge on any atom is 0.326 e. The molecule has 0 radical (unpaired) electrons. The van der Waals surface area contributed by atoms with Crippen LogP contribution >= 0.6 is 23.2 Å². The molecule has 32 heavy (non-hydrogen) atoms. The van der Waals surface area contributed by atoms with E-state index in [9.17, 15) is 9.59 Å². The van der Waals surface area contributed by atoms with Crippen LogP contribution < -0.4 is 9.64 Å². The average molecular weight is 468 g/mol. The summed E-state index contributed by atoms with van der Waals surface area (Å²) >= 11 is 12.1. The zero-order valence-electron chi connectivity index (χ0n) is 17.2. The summed E-state index contributed by atoms with van der Waals surface area (Å²) in [4.78, 5) is 27.2. The Balaban J connectivity index is 1.61. The van der Waals surface area contributed by atoms with Gasteiger partial charge in [-0.2, -0.15) is 0 Å². The molecule has 1 aliphatic rings. The van der Waals surface area contributed by atoms with E-state index < -0.39 is 5.97 Å². The number of fused-ring (bicyclic) bond motifs is 1. The molecule has 0 bridgehead atoms. The van der Waals surface area contributed by atoms with E-state index in [1.54, 1.807) is 49.6 Å². The third-order valence-electron chi connectivity index (χ3n) is 5.05. The fourth-order valence-electron chi connectivity index (χ4n) is 3.44. The van der Waals surface area contributed by atoms with E-state index in [4.69, 9.17) is 32.7 Å². The summed E-state index contributed by atoms with van der Waals surface area (Å²) in [6, 6.07) is 19.8. The summed E-state index contributed by atoms with van der Waals surface area (Å²) in [6.45, 7) is -0.0802. The smallest absolute Gasteiger partial charge is 0.326 e. The van der Waals surface area contributed by atoms with Crippen LogP contribution in [0.2, 0.25) is 10.0 Å². The zero-order chi connectivity index (χ0) is 22.7. The van der Waals surface area contributed by atoms with Crippen LogP contribution in [-0.2, 0) is 20.9 Å². The van der Waals surface area contributed by atoms with Gasteiger partial charge in [-0.1, -0.05) is 59.6 Å². The van der Waals surface area contributed by atoms with Crippen LogP contribution in [0.5, 0.6) is 5.75 Å². The Morgan fingerprint density at radius 1 is 1.00 bits per heavy atom. The Kier molecular flexibility index (Phi) is 6.49. The van der Waals surface area contributed by atoms with Gasteiger partial charge in [-0.15, -0.1) is 0 Å². The molecule has 0 unspecified atom stereocenters. The van der Waals surface area contributed by atoms with Crippen molar-refractivity contribution in [3.8, 4) is 5.75 Å². The molecule has 0 atom stereocenters. The van der Waals surface area contributed by atoms with Gasteiger partial charge in [-0.25, -0.2) is 0 Å². The standard InChI is InChI=1S/C25H19Cl2NO4/c1-31-18-8-9-19-20(11-17-7-10-21(26)22(27)12-17)25(30)28(23(19)13-18)14-24(29)32-15-16-5-3-2-4-6-16/h2-13H,14-15H2,1H3/b20-11-. The number of halogens is 2. The van der Waals surface area contributed by atoms with Crippen LogP contribution in [0.3, 0.4) is 0 Å². The monoisotopic (exact) mass is 467 g/mol. The van der Waals surface area contributed by atoms with Crippen LogP contribution in [0.25, 0.3) is 11.6 Å². The maximum atomic E-state index is 13.3. The average Bonchev–Trinajstić information content (AvgIpc) is 3.06. The van der Waals surface area contributed by atoms with Gasteiger partial charge in [0.25, 0.3) is 5.91 Å². The molecular formula is C25H19Cl2NO4. The van der Waals surface area contributed by atoms with Crippen molar-refractivity contribution in [1.29, 1.82) is 0 Å². The molecule has 4 rings (SSSR count). The largest absolute Gasteiger partial charge is 0.497 e. The third-order valence-corrected chi connectivity index (χ3v) is 5.78. The van der Waals surface area contributed by atoms with E-state index in [0.717, 1.165) is 11.1 Å². The lowest BCUT2D eigenvalue weighted by atomic mass is 10.0. The second-order valence-electron chi connectivity index (χ2n) is 7.15. The first-order valence-corrected chi connectivity index (χ1v) is 10.6. The van der Waals surface area contributed by atoms with Gasteiger partial charge in [-0.05, 0) is 41.5 Å². The molecule has 0 saturated heterocycles. The summed E-state index contributed by atoms with van der Waals surface area (Å²) in [6.07, 6.45) is 1.73. The van der Waals surface area contributed by atoms with Crippen molar-refractivity contribution in [2.45, 2.75) is 6.61 Å². The minimum Gasteiger partial charge on any atom is -0.497 e. The number of hydrogen-bond donors (Lipinski definition) is 0. The number of nitrogens with zero attached hydrogens (tertiary/aromatic N) is 1. The Morgan fingerprint density at radius 3 is 2.50 bits per heavy atom. The van der Waals surface area contributed by atoms with Gasteiger partial charge in [0.05, 0.1) is 22.8 Å². The van der Waals surface area contributed by atoms with Crippen LogP contribution in [0, 0.1) is 0 Å². The first-order valence-electron chi connectivity index (χ1n) is 9.83. The zero-order valence-corrected chi connectivity index (χ0v) is 18.7. The number of esters is 1. The Hall–Kier alpha value is -3.28. The molecule has 0 aromatic heterocycles. The van der Waals surface area contributed by atoms with Gasteiger partial charge in [-0.3, -0.25) is 14.5 Å². The normalized spacial score (nSPS) is 13.9. The van der Waals surface area contributed by atoms with Gasteiger partial charge in [0.1, 0.15) is 18.9 Å². The minimum absolute atomic E-state index is 0.138. The number of amides is 1. The topological polar surface area (TPSA) is 55.8 Å². The van der Waals surface area contributed by atoms with Gasteiger partial charge >= 0.3 is 5.97 Å². The molecule has 0 N–H and O–H groups in total. The highest BCUT2D eigenvalue weighted by atomic mass is 35.5. The van der Waals surface area contributed by atoms with Crippen molar-refractivity contribution >= 4 is 52.4 Å². The number of carbonyl (C=O) groups is 2. The highest BCUT2D eigenvalue weighted by molar-refractivity contribution is 6.42. The van der Waals surface area contributed by atoms with Crippen molar-refractivity contribution in [2.75, 3.05) is 18.6 Å². The van der Waals surface area contributed by atoms with Gasteiger partial charge in [0, 0.05) is 17.2 Å². The molecule has 0 fully saturated rings. The number of anilines is 1. The summed E-state index contributed by atoms with van der Waals surface area (Å²) < 4.78 is 10.7. The number of methoxy groups -OCH3 is 1. The lowest BCUT2D eigenvalue weighted by Gasteiger charge is -2.16. The van der Waals surface area contributed by atoms with E-state index in [2.05, 4.69) is 0 Å². The van der Waals surface area contributed by atoms with Crippen LogP contribution in [0.15, 0.2) is 66.7 Å². The molecule has 5 nitrogen and oxygen atoms in total. The van der Waals surface area contributed by atoms with Crippen molar-refractivity contribution in [3.63, 3.8) is 0 Å². The highest BCUT2D eigenvalue weighted by Gasteiger charge is 2.34. The highest BCUT2D eigenvalue weighted by Crippen LogP contribution is 2.40. The molecule has 0 saturated carbocycles. The first kappa shape index (κ1) is 21.9. The van der Waals surface area contributed by atoms with E-state index >= 15 is 0 Å². The fraction of sp³-hybridized carbons (Fsp3) is 0.120. The van der Waals surface area contributed by atoms with Gasteiger partial charge in [0.2, 0.25) is 0 Å². The molecule has 0 spiro atoms. The predicted octanol–water partition coefficient (Wildman–Crippen LogP) is 5.63. The number of carbonyl (C=O) groups excluding carboxylic acids is 2. The van der Waals surface area contributed by atoms with Crippen molar-refractivity contribution in [2.24, 2.45) is 0 Å². The van der Waals surface area contributed by atoms with Crippen molar-refractivity contribution in [3.05, 3.63) is 93.5 Å². The molecule has 3 aromatic rings. The van der Waals surface area contributed by atoms with Crippen LogP contribution in [-0.4, -0.2) is 25.5 Å². The van der Waals surface area contributed by atoms with Crippen LogP contribution in [0.1, 0.15) is 16.7 Å². The first-order chi connectivity index (χ1) is 15.5. The Labute approximate surface area is 195 Å². The Morgan fingerprint density at radius 2 is 1.78 bits per heavy atom. The number of ether oxygens (including phenoxy) is 2. The second-order valence-corrected chi connectivity index (χ2v) is 7.97. The molecule has 1 heterocycles. The number of benzene rings is 3. The SMILES string of the molecule is COc1ccc2c(c1)N(CC(=O)OCc1ccccc1)C(=O)/C2=C\c1ccc(Cl)c(Cl)c1. The second kappa shape index (κ2) is 9.47. The van der Waals surface area contributed by atoms with Crippen molar-refractivity contribution in [1.82, 2.24) is 0 Å². The van der Waals surface area contributed by atoms with Crippen LogP contribution in [0.4, 0.5) is 5.69 Å². The molecule has 7 heteroatoms.